The molecule has 0 spiro atoms. The second-order valence-corrected chi connectivity index (χ2v) is 7.67. The maximum Gasteiger partial charge on any atom is 0.345 e. The molecule has 0 amide bonds. The standard InChI is InChI=1S/C23H14N4O6S/c1-32-22(28)16-4-2-3-5-18(16)25-11-14(10-24)21-26-19(12-34-21)17-9-13-8-15(27(30)31)6-7-20(13)33-23(17)29/h2-9,11-12,25H,1H3/b14-11+. The predicted octanol–water partition coefficient (Wildman–Crippen LogP) is 4.59. The molecule has 10 nitrogen and oxygen atoms in total. The number of non-ortho nitro benzene ring substituents is 1. The molecular formula is C23H14N4O6S. The number of fused-ring (bicyclic) bond motifs is 1. The number of rotatable bonds is 6. The van der Waals surface area contributed by atoms with E-state index in [1.54, 1.807) is 29.6 Å². The highest BCUT2D eigenvalue weighted by atomic mass is 32.1. The van der Waals surface area contributed by atoms with Crippen molar-refractivity contribution in [1.82, 2.24) is 4.98 Å². The van der Waals surface area contributed by atoms with E-state index >= 15 is 0 Å². The molecule has 4 aromatic rings. The Labute approximate surface area is 195 Å². The van der Waals surface area contributed by atoms with Crippen LogP contribution in [0.1, 0.15) is 15.4 Å². The van der Waals surface area contributed by atoms with Crippen molar-refractivity contribution in [2.45, 2.75) is 0 Å². The number of hydrogen-bond donors (Lipinski definition) is 1. The molecule has 0 aliphatic rings. The van der Waals surface area contributed by atoms with Gasteiger partial charge in [0.1, 0.15) is 22.2 Å². The number of esters is 1. The zero-order chi connectivity index (χ0) is 24.2. The lowest BCUT2D eigenvalue weighted by atomic mass is 10.1. The third-order valence-electron chi connectivity index (χ3n) is 4.76. The molecule has 1 N–H and O–H groups in total. The van der Waals surface area contributed by atoms with Crippen LogP contribution in [0.15, 0.2) is 69.3 Å². The van der Waals surface area contributed by atoms with Crippen LogP contribution in [-0.2, 0) is 4.74 Å². The summed E-state index contributed by atoms with van der Waals surface area (Å²) in [5.74, 6) is -0.533. The SMILES string of the molecule is COC(=O)c1ccccc1N/C=C(\C#N)c1nc(-c2cc3cc([N+](=O)[O-])ccc3oc2=O)cs1. The van der Waals surface area contributed by atoms with Gasteiger partial charge in [-0.3, -0.25) is 10.1 Å². The normalized spacial score (nSPS) is 11.1. The van der Waals surface area contributed by atoms with Gasteiger partial charge >= 0.3 is 11.6 Å². The first kappa shape index (κ1) is 22.4. The van der Waals surface area contributed by atoms with Crippen molar-refractivity contribution in [2.24, 2.45) is 0 Å². The summed E-state index contributed by atoms with van der Waals surface area (Å²) in [7, 11) is 1.27. The predicted molar refractivity (Wildman–Crippen MR) is 125 cm³/mol. The number of carbonyl (C=O) groups is 1. The van der Waals surface area contributed by atoms with Crippen molar-refractivity contribution in [1.29, 1.82) is 5.26 Å². The number of nitrogens with zero attached hydrogens (tertiary/aromatic N) is 3. The second kappa shape index (κ2) is 9.35. The van der Waals surface area contributed by atoms with Crippen LogP contribution in [0.5, 0.6) is 0 Å². The minimum atomic E-state index is -0.661. The van der Waals surface area contributed by atoms with Gasteiger partial charge in [-0.05, 0) is 24.3 Å². The molecule has 0 bridgehead atoms. The Hall–Kier alpha value is -4.82. The van der Waals surface area contributed by atoms with E-state index in [0.29, 0.717) is 21.6 Å². The average molecular weight is 474 g/mol. The Morgan fingerprint density at radius 1 is 1.29 bits per heavy atom. The lowest BCUT2D eigenvalue weighted by Crippen LogP contribution is -2.05. The fourth-order valence-corrected chi connectivity index (χ4v) is 3.90. The quantitative estimate of drug-likeness (QED) is 0.139. The first-order chi connectivity index (χ1) is 16.4. The summed E-state index contributed by atoms with van der Waals surface area (Å²) in [4.78, 5) is 39.3. The highest BCUT2D eigenvalue weighted by Gasteiger charge is 2.16. The van der Waals surface area contributed by atoms with Gasteiger partial charge in [0.15, 0.2) is 0 Å². The lowest BCUT2D eigenvalue weighted by molar-refractivity contribution is -0.384. The number of nitrogens with one attached hydrogen (secondary N) is 1. The van der Waals surface area contributed by atoms with Crippen LogP contribution in [-0.4, -0.2) is 23.0 Å². The van der Waals surface area contributed by atoms with Crippen LogP contribution < -0.4 is 10.9 Å². The molecule has 0 unspecified atom stereocenters. The van der Waals surface area contributed by atoms with Gasteiger partial charge in [-0.15, -0.1) is 11.3 Å². The van der Waals surface area contributed by atoms with Crippen molar-refractivity contribution >= 4 is 45.2 Å². The lowest BCUT2D eigenvalue weighted by Gasteiger charge is -2.07. The first-order valence-corrected chi connectivity index (χ1v) is 10.5. The van der Waals surface area contributed by atoms with E-state index in [1.165, 1.54) is 37.6 Å². The average Bonchev–Trinajstić information content (AvgIpc) is 3.33. The van der Waals surface area contributed by atoms with Gasteiger partial charge in [0, 0.05) is 29.1 Å². The zero-order valence-electron chi connectivity index (χ0n) is 17.5. The summed E-state index contributed by atoms with van der Waals surface area (Å²) in [5.41, 5.74) is 0.676. The van der Waals surface area contributed by atoms with Crippen LogP contribution in [0.25, 0.3) is 27.8 Å². The Morgan fingerprint density at radius 3 is 2.82 bits per heavy atom. The third-order valence-corrected chi connectivity index (χ3v) is 5.64. The minimum absolute atomic E-state index is 0.108. The van der Waals surface area contributed by atoms with Gasteiger partial charge in [-0.1, -0.05) is 12.1 Å². The number of nitro groups is 1. The number of allylic oxidation sites excluding steroid dienone is 1. The first-order valence-electron chi connectivity index (χ1n) is 9.64. The fraction of sp³-hybridized carbons (Fsp3) is 0.0435. The van der Waals surface area contributed by atoms with Crippen LogP contribution in [0.2, 0.25) is 0 Å². The summed E-state index contributed by atoms with van der Waals surface area (Å²) in [6.07, 6.45) is 1.40. The van der Waals surface area contributed by atoms with Crippen LogP contribution in [0.4, 0.5) is 11.4 Å². The van der Waals surface area contributed by atoms with E-state index in [-0.39, 0.29) is 28.1 Å². The molecule has 0 saturated carbocycles. The molecule has 11 heteroatoms. The molecule has 2 heterocycles. The van der Waals surface area contributed by atoms with E-state index in [2.05, 4.69) is 10.3 Å². The summed E-state index contributed by atoms with van der Waals surface area (Å²) in [6, 6.07) is 14.1. The number of nitriles is 1. The Balaban J connectivity index is 1.67. The van der Waals surface area contributed by atoms with E-state index in [4.69, 9.17) is 9.15 Å². The van der Waals surface area contributed by atoms with Gasteiger partial charge in [0.05, 0.1) is 34.5 Å². The van der Waals surface area contributed by atoms with Gasteiger partial charge in [-0.2, -0.15) is 5.26 Å². The van der Waals surface area contributed by atoms with Crippen molar-refractivity contribution in [3.8, 4) is 17.3 Å². The van der Waals surface area contributed by atoms with E-state index < -0.39 is 16.5 Å². The Bertz CT molecular complexity index is 1560. The van der Waals surface area contributed by atoms with Crippen molar-refractivity contribution in [2.75, 3.05) is 12.4 Å². The number of carbonyl (C=O) groups excluding carboxylic acids is 1. The largest absolute Gasteiger partial charge is 0.465 e. The van der Waals surface area contributed by atoms with Gasteiger partial charge in [-0.25, -0.2) is 14.6 Å². The number of nitro benzene ring substituents is 1. The third kappa shape index (κ3) is 4.38. The zero-order valence-corrected chi connectivity index (χ0v) is 18.3. The second-order valence-electron chi connectivity index (χ2n) is 6.82. The highest BCUT2D eigenvalue weighted by molar-refractivity contribution is 7.11. The van der Waals surface area contributed by atoms with Gasteiger partial charge in [0.2, 0.25) is 0 Å². The Morgan fingerprint density at radius 2 is 2.09 bits per heavy atom. The molecule has 168 valence electrons. The number of hydrogen-bond acceptors (Lipinski definition) is 10. The number of benzene rings is 2. The van der Waals surface area contributed by atoms with E-state index in [0.717, 1.165) is 11.3 Å². The number of anilines is 1. The van der Waals surface area contributed by atoms with Crippen LogP contribution >= 0.6 is 11.3 Å². The summed E-state index contributed by atoms with van der Waals surface area (Å²) in [6.45, 7) is 0. The molecule has 0 radical (unpaired) electrons. The van der Waals surface area contributed by atoms with Crippen molar-refractivity contribution < 1.29 is 18.9 Å². The smallest absolute Gasteiger partial charge is 0.345 e. The van der Waals surface area contributed by atoms with Crippen LogP contribution in [0.3, 0.4) is 0 Å². The molecular weight excluding hydrogens is 460 g/mol. The molecule has 2 aromatic carbocycles. The van der Waals surface area contributed by atoms with E-state index in [1.807, 2.05) is 6.07 Å². The minimum Gasteiger partial charge on any atom is -0.465 e. The Kier molecular flexibility index (Phi) is 6.16. The number of methoxy groups -OCH3 is 1. The number of para-hydroxylation sites is 1. The van der Waals surface area contributed by atoms with Gasteiger partial charge in [0.25, 0.3) is 5.69 Å². The topological polar surface area (TPSA) is 148 Å². The fourth-order valence-electron chi connectivity index (χ4n) is 3.11. The van der Waals surface area contributed by atoms with Crippen molar-refractivity contribution in [3.63, 3.8) is 0 Å². The number of aromatic nitrogens is 1. The number of thiazole rings is 1. The summed E-state index contributed by atoms with van der Waals surface area (Å²) < 4.78 is 10.0. The van der Waals surface area contributed by atoms with E-state index in [9.17, 15) is 25.0 Å². The molecule has 0 aliphatic heterocycles. The van der Waals surface area contributed by atoms with Crippen LogP contribution in [0, 0.1) is 21.4 Å². The molecule has 0 atom stereocenters. The molecule has 34 heavy (non-hydrogen) atoms. The summed E-state index contributed by atoms with van der Waals surface area (Å²) >= 11 is 1.13. The maximum absolute atomic E-state index is 12.5. The summed E-state index contributed by atoms with van der Waals surface area (Å²) in [5, 5.41) is 25.9. The number of ether oxygens (including phenoxy) is 1. The van der Waals surface area contributed by atoms with Gasteiger partial charge < -0.3 is 14.5 Å². The van der Waals surface area contributed by atoms with Crippen molar-refractivity contribution in [3.05, 3.63) is 91.2 Å². The highest BCUT2D eigenvalue weighted by Crippen LogP contribution is 2.28. The molecule has 2 aromatic heterocycles. The monoisotopic (exact) mass is 474 g/mol. The molecule has 0 aliphatic carbocycles. The maximum atomic E-state index is 12.5. The molecule has 0 saturated heterocycles. The molecule has 0 fully saturated rings. The molecule has 4 rings (SSSR count).